The summed E-state index contributed by atoms with van der Waals surface area (Å²) < 4.78 is 44.2. The van der Waals surface area contributed by atoms with Gasteiger partial charge in [0.05, 0.1) is 36.8 Å². The number of ether oxygens (including phenoxy) is 2. The van der Waals surface area contributed by atoms with Crippen molar-refractivity contribution in [1.29, 1.82) is 0 Å². The third kappa shape index (κ3) is 5.53. The lowest BCUT2D eigenvalue weighted by Gasteiger charge is -2.18. The Kier molecular flexibility index (Phi) is 7.67. The molecule has 2 aromatic carbocycles. The van der Waals surface area contributed by atoms with Crippen molar-refractivity contribution >= 4 is 49.6 Å². The molecular formula is C26H23BrN2O7S. The molecule has 1 aliphatic rings. The number of nitrogens with one attached hydrogen (secondary N) is 1. The Morgan fingerprint density at radius 1 is 1.05 bits per heavy atom. The average Bonchev–Trinajstić information content (AvgIpc) is 3.44. The molecule has 0 spiro atoms. The number of allylic oxidation sites excluding steroid dienone is 1. The van der Waals surface area contributed by atoms with Gasteiger partial charge in [-0.2, -0.15) is 0 Å². The van der Waals surface area contributed by atoms with E-state index in [4.69, 9.17) is 13.9 Å². The maximum atomic E-state index is 13.4. The zero-order valence-corrected chi connectivity index (χ0v) is 22.6. The van der Waals surface area contributed by atoms with E-state index < -0.39 is 21.9 Å². The quantitative estimate of drug-likeness (QED) is 0.307. The van der Waals surface area contributed by atoms with Gasteiger partial charge in [0.15, 0.2) is 0 Å². The molecule has 0 radical (unpaired) electrons. The highest BCUT2D eigenvalue weighted by Crippen LogP contribution is 2.36. The van der Waals surface area contributed by atoms with E-state index in [0.29, 0.717) is 22.9 Å². The number of sulfonamides is 1. The highest BCUT2D eigenvalue weighted by atomic mass is 79.9. The first-order valence-electron chi connectivity index (χ1n) is 11.0. The number of amides is 1. The maximum Gasteiger partial charge on any atom is 0.340 e. The molecule has 0 unspecified atom stereocenters. The number of halogens is 1. The standard InChI is InChI=1S/C26H23BrN2O7S/c1-16-24(26(31)35-3)23(25(30)29(16)18-6-8-19(34-2)9-7-18)14-20-10-11-21(36-20)15-28-37(32,33)22-12-4-17(27)5-13-22/h4-14,28H,15H2,1-3H3/b23-14-. The normalized spacial score (nSPS) is 15.0. The van der Waals surface area contributed by atoms with Gasteiger partial charge in [0, 0.05) is 15.9 Å². The molecule has 0 saturated heterocycles. The molecule has 0 saturated carbocycles. The largest absolute Gasteiger partial charge is 0.497 e. The number of carbonyl (C=O) groups is 2. The van der Waals surface area contributed by atoms with Gasteiger partial charge in [-0.25, -0.2) is 17.9 Å². The molecule has 1 aromatic heterocycles. The fraction of sp³-hybridized carbons (Fsp3) is 0.154. The molecule has 9 nitrogen and oxygen atoms in total. The zero-order chi connectivity index (χ0) is 26.7. The van der Waals surface area contributed by atoms with Gasteiger partial charge in [-0.05, 0) is 73.7 Å². The van der Waals surface area contributed by atoms with Crippen molar-refractivity contribution in [3.63, 3.8) is 0 Å². The van der Waals surface area contributed by atoms with Gasteiger partial charge in [-0.3, -0.25) is 9.69 Å². The van der Waals surface area contributed by atoms with Gasteiger partial charge < -0.3 is 13.9 Å². The van der Waals surface area contributed by atoms with Crippen LogP contribution in [-0.4, -0.2) is 34.5 Å². The Hall–Kier alpha value is -3.67. The Bertz CT molecular complexity index is 1500. The highest BCUT2D eigenvalue weighted by Gasteiger charge is 2.38. The lowest BCUT2D eigenvalue weighted by molar-refractivity contribution is -0.136. The van der Waals surface area contributed by atoms with E-state index in [1.165, 1.54) is 30.2 Å². The highest BCUT2D eigenvalue weighted by molar-refractivity contribution is 9.10. The minimum Gasteiger partial charge on any atom is -0.497 e. The summed E-state index contributed by atoms with van der Waals surface area (Å²) in [5.41, 5.74) is 1.16. The zero-order valence-electron chi connectivity index (χ0n) is 20.1. The molecule has 1 amide bonds. The fourth-order valence-corrected chi connectivity index (χ4v) is 5.05. The van der Waals surface area contributed by atoms with E-state index in [1.54, 1.807) is 62.6 Å². The molecule has 4 rings (SSSR count). The van der Waals surface area contributed by atoms with Crippen LogP contribution in [0.25, 0.3) is 6.08 Å². The van der Waals surface area contributed by atoms with Crippen LogP contribution >= 0.6 is 15.9 Å². The summed E-state index contributed by atoms with van der Waals surface area (Å²) in [6.07, 6.45) is 1.44. The monoisotopic (exact) mass is 586 g/mol. The maximum absolute atomic E-state index is 13.4. The molecule has 0 atom stereocenters. The second kappa shape index (κ2) is 10.8. The number of nitrogens with zero attached hydrogens (tertiary/aromatic N) is 1. The lowest BCUT2D eigenvalue weighted by atomic mass is 10.1. The van der Waals surface area contributed by atoms with E-state index in [2.05, 4.69) is 20.7 Å². The minimum absolute atomic E-state index is 0.0940. The van der Waals surface area contributed by atoms with Crippen LogP contribution in [-0.2, 0) is 30.9 Å². The van der Waals surface area contributed by atoms with Gasteiger partial charge in [-0.15, -0.1) is 0 Å². The Balaban J connectivity index is 1.59. The van der Waals surface area contributed by atoms with Crippen LogP contribution in [0.2, 0.25) is 0 Å². The number of methoxy groups -OCH3 is 2. The molecule has 1 aliphatic heterocycles. The Morgan fingerprint density at radius 2 is 1.73 bits per heavy atom. The van der Waals surface area contributed by atoms with E-state index >= 15 is 0 Å². The van der Waals surface area contributed by atoms with Crippen molar-refractivity contribution in [3.05, 3.63) is 93.5 Å². The molecule has 11 heteroatoms. The molecule has 0 aliphatic carbocycles. The van der Waals surface area contributed by atoms with Crippen molar-refractivity contribution in [2.45, 2.75) is 18.4 Å². The number of rotatable bonds is 8. The third-order valence-electron chi connectivity index (χ3n) is 5.65. The molecule has 0 bridgehead atoms. The smallest absolute Gasteiger partial charge is 0.340 e. The Morgan fingerprint density at radius 3 is 2.35 bits per heavy atom. The molecule has 2 heterocycles. The number of furan rings is 1. The van der Waals surface area contributed by atoms with Crippen LogP contribution in [0.3, 0.4) is 0 Å². The van der Waals surface area contributed by atoms with Crippen LogP contribution in [0.4, 0.5) is 5.69 Å². The van der Waals surface area contributed by atoms with Crippen LogP contribution in [0.5, 0.6) is 5.75 Å². The van der Waals surface area contributed by atoms with Crippen LogP contribution < -0.4 is 14.4 Å². The summed E-state index contributed by atoms with van der Waals surface area (Å²) in [5.74, 6) is 0.122. The first kappa shape index (κ1) is 26.4. The Labute approximate surface area is 222 Å². The van der Waals surface area contributed by atoms with E-state index in [9.17, 15) is 18.0 Å². The lowest BCUT2D eigenvalue weighted by Crippen LogP contribution is -2.24. The molecular weight excluding hydrogens is 564 g/mol. The third-order valence-corrected chi connectivity index (χ3v) is 7.60. The topological polar surface area (TPSA) is 115 Å². The molecule has 37 heavy (non-hydrogen) atoms. The average molecular weight is 587 g/mol. The van der Waals surface area contributed by atoms with E-state index in [1.807, 2.05) is 0 Å². The van der Waals surface area contributed by atoms with Crippen molar-refractivity contribution in [2.24, 2.45) is 0 Å². The van der Waals surface area contributed by atoms with E-state index in [0.717, 1.165) is 4.47 Å². The predicted molar refractivity (Wildman–Crippen MR) is 140 cm³/mol. The number of esters is 1. The molecule has 1 N–H and O–H groups in total. The SMILES string of the molecule is COC(=O)C1=C(C)N(c2ccc(OC)cc2)C(=O)/C1=C\c1ccc(CNS(=O)(=O)c2ccc(Br)cc2)o1. The predicted octanol–water partition coefficient (Wildman–Crippen LogP) is 4.41. The fourth-order valence-electron chi connectivity index (χ4n) is 3.79. The van der Waals surface area contributed by atoms with Crippen molar-refractivity contribution in [3.8, 4) is 5.75 Å². The van der Waals surface area contributed by atoms with Crippen molar-refractivity contribution in [2.75, 3.05) is 19.1 Å². The molecule has 192 valence electrons. The molecule has 3 aromatic rings. The van der Waals surface area contributed by atoms with Crippen LogP contribution in [0, 0.1) is 0 Å². The van der Waals surface area contributed by atoms with Gasteiger partial charge in [0.25, 0.3) is 5.91 Å². The van der Waals surface area contributed by atoms with Crippen molar-refractivity contribution in [1.82, 2.24) is 4.72 Å². The van der Waals surface area contributed by atoms with Gasteiger partial charge in [-0.1, -0.05) is 15.9 Å². The number of benzene rings is 2. The summed E-state index contributed by atoms with van der Waals surface area (Å²) in [4.78, 5) is 27.5. The van der Waals surface area contributed by atoms with Crippen molar-refractivity contribution < 1.29 is 31.9 Å². The van der Waals surface area contributed by atoms with E-state index in [-0.39, 0.29) is 28.3 Å². The van der Waals surface area contributed by atoms with Gasteiger partial charge in [0.1, 0.15) is 17.3 Å². The summed E-state index contributed by atoms with van der Waals surface area (Å²) in [7, 11) is -0.974. The summed E-state index contributed by atoms with van der Waals surface area (Å²) >= 11 is 3.27. The molecule has 0 fully saturated rings. The number of hydrogen-bond acceptors (Lipinski definition) is 7. The minimum atomic E-state index is -3.76. The van der Waals surface area contributed by atoms with Crippen LogP contribution in [0.15, 0.2) is 91.3 Å². The van der Waals surface area contributed by atoms with Crippen LogP contribution in [0.1, 0.15) is 18.4 Å². The summed E-state index contributed by atoms with van der Waals surface area (Å²) in [5, 5.41) is 0. The van der Waals surface area contributed by atoms with Gasteiger partial charge in [0.2, 0.25) is 10.0 Å². The number of hydrogen-bond donors (Lipinski definition) is 1. The second-order valence-electron chi connectivity index (χ2n) is 7.93. The summed E-state index contributed by atoms with van der Waals surface area (Å²) in [6, 6.07) is 16.2. The number of carbonyl (C=O) groups excluding carboxylic acids is 2. The van der Waals surface area contributed by atoms with Gasteiger partial charge >= 0.3 is 5.97 Å². The second-order valence-corrected chi connectivity index (χ2v) is 10.6. The first-order chi connectivity index (χ1) is 17.6. The first-order valence-corrected chi connectivity index (χ1v) is 13.3. The summed E-state index contributed by atoms with van der Waals surface area (Å²) in [6.45, 7) is 1.55. The number of anilines is 1.